The van der Waals surface area contributed by atoms with E-state index < -0.39 is 5.72 Å². The highest BCUT2D eigenvalue weighted by Gasteiger charge is 2.12. The first-order valence-corrected chi connectivity index (χ1v) is 3.49. The lowest BCUT2D eigenvalue weighted by Gasteiger charge is -2.18. The number of hydrogen-bond acceptors (Lipinski definition) is 3. The lowest BCUT2D eigenvalue weighted by molar-refractivity contribution is -0.116. The molecule has 0 bridgehead atoms. The molecule has 2 N–H and O–H groups in total. The fourth-order valence-electron chi connectivity index (χ4n) is 0.447. The Morgan fingerprint density at radius 3 is 2.36 bits per heavy atom. The van der Waals surface area contributed by atoms with Crippen LogP contribution in [0.2, 0.25) is 0 Å². The van der Waals surface area contributed by atoms with E-state index >= 15 is 0 Å². The highest BCUT2D eigenvalue weighted by molar-refractivity contribution is 5.95. The van der Waals surface area contributed by atoms with Gasteiger partial charge in [-0.3, -0.25) is 10.1 Å². The number of hydrogen-bond donors (Lipinski definition) is 2. The molecule has 0 aliphatic heterocycles. The summed E-state index contributed by atoms with van der Waals surface area (Å²) in [5.41, 5.74) is -0.493. The summed E-state index contributed by atoms with van der Waals surface area (Å²) in [7, 11) is 0. The van der Waals surface area contributed by atoms with Gasteiger partial charge in [-0.05, 0) is 26.3 Å². The van der Waals surface area contributed by atoms with Crippen molar-refractivity contribution in [1.29, 1.82) is 0 Å². The Kier molecular flexibility index (Phi) is 3.42. The van der Waals surface area contributed by atoms with E-state index in [9.17, 15) is 4.79 Å². The van der Waals surface area contributed by atoms with Crippen LogP contribution >= 0.6 is 0 Å². The van der Waals surface area contributed by atoms with E-state index in [1.807, 2.05) is 0 Å². The summed E-state index contributed by atoms with van der Waals surface area (Å²) >= 11 is 0. The van der Waals surface area contributed by atoms with Gasteiger partial charge >= 0.3 is 0 Å². The molecule has 0 saturated carbocycles. The summed E-state index contributed by atoms with van der Waals surface area (Å²) in [6, 6.07) is 0. The maximum absolute atomic E-state index is 10.9. The van der Waals surface area contributed by atoms with Crippen LogP contribution in [0.5, 0.6) is 0 Å². The second kappa shape index (κ2) is 3.64. The molecule has 0 atom stereocenters. The van der Waals surface area contributed by atoms with Crippen molar-refractivity contribution < 1.29 is 9.90 Å². The fraction of sp³-hybridized carbons (Fsp3) is 0.625. The van der Waals surface area contributed by atoms with Crippen LogP contribution in [-0.4, -0.2) is 23.2 Å². The van der Waals surface area contributed by atoms with Crippen molar-refractivity contribution in [3.63, 3.8) is 0 Å². The molecular weight excluding hydrogens is 142 g/mol. The van der Waals surface area contributed by atoms with E-state index in [2.05, 4.69) is 11.9 Å². The highest BCUT2D eigenvalue weighted by atomic mass is 16.3. The Bertz CT molecular complexity index is 167. The predicted molar refractivity (Wildman–Crippen MR) is 44.1 cm³/mol. The number of aliphatic hydroxyl groups is 1. The van der Waals surface area contributed by atoms with Crippen molar-refractivity contribution in [2.75, 3.05) is 6.54 Å². The van der Waals surface area contributed by atoms with Gasteiger partial charge < -0.3 is 5.11 Å². The molecule has 64 valence electrons. The zero-order valence-electron chi connectivity index (χ0n) is 7.27. The monoisotopic (exact) mass is 157 g/mol. The predicted octanol–water partition coefficient (Wildman–Crippen LogP) is 0.450. The molecule has 3 heteroatoms. The molecule has 0 spiro atoms. The largest absolute Gasteiger partial charge is 0.376 e. The Balaban J connectivity index is 3.73. The Morgan fingerprint density at radius 2 is 2.09 bits per heavy atom. The zero-order chi connectivity index (χ0) is 9.07. The third-order valence-electron chi connectivity index (χ3n) is 1.16. The molecule has 0 rings (SSSR count). The van der Waals surface area contributed by atoms with E-state index in [-0.39, 0.29) is 12.3 Å². The van der Waals surface area contributed by atoms with Crippen LogP contribution in [-0.2, 0) is 4.79 Å². The zero-order valence-corrected chi connectivity index (χ0v) is 7.27. The summed E-state index contributed by atoms with van der Waals surface area (Å²) in [6.07, 6.45) is 0. The van der Waals surface area contributed by atoms with Crippen molar-refractivity contribution in [2.24, 2.45) is 0 Å². The summed E-state index contributed by atoms with van der Waals surface area (Å²) in [5.74, 6) is -0.0767. The minimum atomic E-state index is -0.995. The third kappa shape index (κ3) is 5.76. The molecule has 0 fully saturated rings. The lowest BCUT2D eigenvalue weighted by atomic mass is 10.2. The Hall–Kier alpha value is -0.670. The first kappa shape index (κ1) is 10.3. The highest BCUT2D eigenvalue weighted by Crippen LogP contribution is 1.95. The number of carbonyl (C=O) groups excluding carboxylic acids is 1. The Labute approximate surface area is 67.1 Å². The minimum Gasteiger partial charge on any atom is -0.376 e. The normalized spacial score (nSPS) is 11.3. The molecule has 3 nitrogen and oxygen atoms in total. The van der Waals surface area contributed by atoms with Crippen LogP contribution in [0.3, 0.4) is 0 Å². The van der Waals surface area contributed by atoms with Crippen LogP contribution in [0.15, 0.2) is 12.2 Å². The number of nitrogens with one attached hydrogen (secondary N) is 1. The minimum absolute atomic E-state index is 0.0767. The van der Waals surface area contributed by atoms with Crippen LogP contribution in [0, 0.1) is 0 Å². The van der Waals surface area contributed by atoms with Gasteiger partial charge in [-0.1, -0.05) is 6.58 Å². The molecule has 0 aromatic rings. The third-order valence-corrected chi connectivity index (χ3v) is 1.16. The van der Waals surface area contributed by atoms with Crippen LogP contribution in [0.25, 0.3) is 0 Å². The van der Waals surface area contributed by atoms with Gasteiger partial charge in [-0.2, -0.15) is 0 Å². The average molecular weight is 157 g/mol. The summed E-state index contributed by atoms with van der Waals surface area (Å²) < 4.78 is 0. The fourth-order valence-corrected chi connectivity index (χ4v) is 0.447. The first-order valence-electron chi connectivity index (χ1n) is 3.49. The second-order valence-corrected chi connectivity index (χ2v) is 3.12. The van der Waals surface area contributed by atoms with Crippen LogP contribution < -0.4 is 5.32 Å². The van der Waals surface area contributed by atoms with E-state index in [1.54, 1.807) is 20.8 Å². The van der Waals surface area contributed by atoms with Crippen molar-refractivity contribution in [3.05, 3.63) is 12.2 Å². The van der Waals surface area contributed by atoms with Crippen molar-refractivity contribution >= 4 is 5.78 Å². The van der Waals surface area contributed by atoms with Gasteiger partial charge in [-0.25, -0.2) is 0 Å². The van der Waals surface area contributed by atoms with Gasteiger partial charge in [0.2, 0.25) is 0 Å². The molecule has 0 amide bonds. The van der Waals surface area contributed by atoms with Gasteiger partial charge in [0.05, 0.1) is 6.54 Å². The summed E-state index contributed by atoms with van der Waals surface area (Å²) in [6.45, 7) is 8.43. The van der Waals surface area contributed by atoms with Gasteiger partial charge in [0.25, 0.3) is 0 Å². The first-order chi connectivity index (χ1) is 4.83. The van der Waals surface area contributed by atoms with Crippen molar-refractivity contribution in [1.82, 2.24) is 5.32 Å². The number of rotatable bonds is 4. The maximum atomic E-state index is 10.9. The van der Waals surface area contributed by atoms with Gasteiger partial charge in [0.1, 0.15) is 5.72 Å². The lowest BCUT2D eigenvalue weighted by Crippen LogP contribution is -2.41. The summed E-state index contributed by atoms with van der Waals surface area (Å²) in [4.78, 5) is 10.9. The van der Waals surface area contributed by atoms with Crippen molar-refractivity contribution in [2.45, 2.75) is 26.5 Å². The molecule has 0 radical (unpaired) electrons. The molecule has 11 heavy (non-hydrogen) atoms. The van der Waals surface area contributed by atoms with E-state index in [1.165, 1.54) is 0 Å². The maximum Gasteiger partial charge on any atom is 0.171 e. The van der Waals surface area contributed by atoms with Gasteiger partial charge in [-0.15, -0.1) is 0 Å². The number of ketones is 1. The smallest absolute Gasteiger partial charge is 0.171 e. The van der Waals surface area contributed by atoms with Crippen LogP contribution in [0.1, 0.15) is 20.8 Å². The molecule has 0 unspecified atom stereocenters. The molecule has 0 heterocycles. The Morgan fingerprint density at radius 1 is 1.64 bits per heavy atom. The van der Waals surface area contributed by atoms with Gasteiger partial charge in [0, 0.05) is 0 Å². The van der Waals surface area contributed by atoms with E-state index in [0.29, 0.717) is 5.57 Å². The van der Waals surface area contributed by atoms with Crippen molar-refractivity contribution in [3.8, 4) is 0 Å². The number of Topliss-reactive ketones (excluding diaryl/α,β-unsaturated/α-hetero) is 1. The standard InChI is InChI=1S/C8H15NO2/c1-6(2)7(10)5-9-8(3,4)11/h9,11H,1,5H2,2-4H3. The molecule has 0 aromatic carbocycles. The van der Waals surface area contributed by atoms with Gasteiger partial charge in [0.15, 0.2) is 5.78 Å². The molecular formula is C8H15NO2. The topological polar surface area (TPSA) is 49.3 Å². The van der Waals surface area contributed by atoms with E-state index in [4.69, 9.17) is 5.11 Å². The quantitative estimate of drug-likeness (QED) is 0.460. The molecule has 0 aliphatic carbocycles. The van der Waals surface area contributed by atoms with Crippen LogP contribution in [0.4, 0.5) is 0 Å². The average Bonchev–Trinajstić information content (AvgIpc) is 1.80. The SMILES string of the molecule is C=C(C)C(=O)CNC(C)(C)O. The number of carbonyl (C=O) groups is 1. The molecule has 0 saturated heterocycles. The summed E-state index contributed by atoms with van der Waals surface area (Å²) in [5, 5.41) is 11.8. The molecule has 0 aliphatic rings. The van der Waals surface area contributed by atoms with E-state index in [0.717, 1.165) is 0 Å². The second-order valence-electron chi connectivity index (χ2n) is 3.12. The molecule has 0 aromatic heterocycles.